The number of carbonyl (C=O) groups excluding carboxylic acids is 2. The van der Waals surface area contributed by atoms with Crippen molar-refractivity contribution in [3.8, 4) is 0 Å². The normalized spacial score (nSPS) is 17.6. The summed E-state index contributed by atoms with van der Waals surface area (Å²) in [6.07, 6.45) is -0.534. The van der Waals surface area contributed by atoms with Crippen LogP contribution >= 0.6 is 0 Å². The Bertz CT molecular complexity index is 530. The van der Waals surface area contributed by atoms with Gasteiger partial charge in [0.05, 0.1) is 13.2 Å². The summed E-state index contributed by atoms with van der Waals surface area (Å²) >= 11 is 0. The zero-order valence-electron chi connectivity index (χ0n) is 13.2. The fourth-order valence-corrected chi connectivity index (χ4v) is 2.31. The molecular formula is C16H22FN3O3. The van der Waals surface area contributed by atoms with Crippen LogP contribution in [-0.4, -0.2) is 55.6 Å². The van der Waals surface area contributed by atoms with Gasteiger partial charge in [-0.2, -0.15) is 0 Å². The van der Waals surface area contributed by atoms with Crippen molar-refractivity contribution in [2.75, 3.05) is 32.8 Å². The predicted octanol–water partition coefficient (Wildman–Crippen LogP) is 0.279. The summed E-state index contributed by atoms with van der Waals surface area (Å²) < 4.78 is 18.2. The summed E-state index contributed by atoms with van der Waals surface area (Å²) in [7, 11) is 0. The predicted molar refractivity (Wildman–Crippen MR) is 83.1 cm³/mol. The molecule has 1 saturated heterocycles. The number of nitrogens with zero attached hydrogens (tertiary/aromatic N) is 1. The van der Waals surface area contributed by atoms with Crippen LogP contribution in [0.15, 0.2) is 24.3 Å². The Balaban J connectivity index is 1.81. The van der Waals surface area contributed by atoms with Gasteiger partial charge in [-0.1, -0.05) is 12.1 Å². The van der Waals surface area contributed by atoms with E-state index in [4.69, 9.17) is 4.74 Å². The minimum atomic E-state index is -0.534. The second-order valence-corrected chi connectivity index (χ2v) is 5.32. The van der Waals surface area contributed by atoms with Crippen LogP contribution in [-0.2, 0) is 20.9 Å². The van der Waals surface area contributed by atoms with Gasteiger partial charge in [0.1, 0.15) is 11.9 Å². The summed E-state index contributed by atoms with van der Waals surface area (Å²) in [4.78, 5) is 25.8. The molecule has 2 rings (SSSR count). The summed E-state index contributed by atoms with van der Waals surface area (Å²) in [6, 6.07) is 5.91. The highest BCUT2D eigenvalue weighted by Crippen LogP contribution is 2.04. The van der Waals surface area contributed by atoms with Crippen molar-refractivity contribution in [3.63, 3.8) is 0 Å². The van der Waals surface area contributed by atoms with Gasteiger partial charge in [0.25, 0.3) is 5.91 Å². The largest absolute Gasteiger partial charge is 0.366 e. The van der Waals surface area contributed by atoms with Crippen LogP contribution in [0.4, 0.5) is 4.39 Å². The van der Waals surface area contributed by atoms with Gasteiger partial charge in [0, 0.05) is 26.2 Å². The lowest BCUT2D eigenvalue weighted by Gasteiger charge is -2.28. The number of hydrogen-bond donors (Lipinski definition) is 2. The molecule has 0 aliphatic carbocycles. The Morgan fingerprint density at radius 1 is 1.39 bits per heavy atom. The Morgan fingerprint density at radius 3 is 2.74 bits per heavy atom. The fraction of sp³-hybridized carbons (Fsp3) is 0.500. The van der Waals surface area contributed by atoms with Gasteiger partial charge in [-0.15, -0.1) is 0 Å². The molecular weight excluding hydrogens is 301 g/mol. The van der Waals surface area contributed by atoms with Crippen molar-refractivity contribution in [3.05, 3.63) is 35.6 Å². The third kappa shape index (κ3) is 5.30. The van der Waals surface area contributed by atoms with Crippen molar-refractivity contribution in [1.29, 1.82) is 0 Å². The molecule has 6 nitrogen and oxygen atoms in total. The van der Waals surface area contributed by atoms with E-state index in [-0.39, 0.29) is 24.2 Å². The van der Waals surface area contributed by atoms with Crippen molar-refractivity contribution in [1.82, 2.24) is 15.5 Å². The minimum Gasteiger partial charge on any atom is -0.366 e. The van der Waals surface area contributed by atoms with E-state index in [0.717, 1.165) is 12.1 Å². The number of benzene rings is 1. The number of halogens is 1. The van der Waals surface area contributed by atoms with Crippen molar-refractivity contribution in [2.24, 2.45) is 0 Å². The summed E-state index contributed by atoms with van der Waals surface area (Å²) in [5.74, 6) is -0.756. The zero-order valence-corrected chi connectivity index (χ0v) is 13.2. The van der Waals surface area contributed by atoms with Crippen molar-refractivity contribution < 1.29 is 18.7 Å². The highest BCUT2D eigenvalue weighted by molar-refractivity contribution is 5.87. The molecule has 2 N–H and O–H groups in total. The highest BCUT2D eigenvalue weighted by atomic mass is 19.1. The van der Waals surface area contributed by atoms with Gasteiger partial charge in [-0.3, -0.25) is 9.59 Å². The number of carbonyl (C=O) groups is 2. The third-order valence-corrected chi connectivity index (χ3v) is 3.63. The molecule has 1 aliphatic heterocycles. The lowest BCUT2D eigenvalue weighted by Crippen LogP contribution is -2.51. The van der Waals surface area contributed by atoms with Gasteiger partial charge in [-0.05, 0) is 24.6 Å². The molecule has 1 aliphatic rings. The molecule has 0 spiro atoms. The zero-order chi connectivity index (χ0) is 16.7. The van der Waals surface area contributed by atoms with Gasteiger partial charge in [0.2, 0.25) is 5.91 Å². The second-order valence-electron chi connectivity index (χ2n) is 5.32. The quantitative estimate of drug-likeness (QED) is 0.789. The number of morpholine rings is 1. The maximum Gasteiger partial charge on any atom is 0.253 e. The van der Waals surface area contributed by atoms with E-state index in [2.05, 4.69) is 10.6 Å². The number of hydrogen-bond acceptors (Lipinski definition) is 4. The van der Waals surface area contributed by atoms with Crippen LogP contribution < -0.4 is 10.6 Å². The summed E-state index contributed by atoms with van der Waals surface area (Å²) in [6.45, 7) is 4.22. The number of likely N-dealkylation sites (N-methyl/N-ethyl adjacent to an activating group) is 1. The van der Waals surface area contributed by atoms with Crippen LogP contribution in [0.5, 0.6) is 0 Å². The van der Waals surface area contributed by atoms with E-state index in [0.29, 0.717) is 26.2 Å². The first-order valence-corrected chi connectivity index (χ1v) is 7.72. The molecule has 0 saturated carbocycles. The minimum absolute atomic E-state index is 0.0175. The highest BCUT2D eigenvalue weighted by Gasteiger charge is 2.27. The molecule has 0 radical (unpaired) electrons. The smallest absolute Gasteiger partial charge is 0.253 e. The molecule has 0 bridgehead atoms. The van der Waals surface area contributed by atoms with E-state index >= 15 is 0 Å². The number of amides is 2. The molecule has 2 amide bonds. The molecule has 126 valence electrons. The molecule has 1 atom stereocenters. The Labute approximate surface area is 135 Å². The Kier molecular flexibility index (Phi) is 6.49. The van der Waals surface area contributed by atoms with Gasteiger partial charge in [-0.25, -0.2) is 4.39 Å². The van der Waals surface area contributed by atoms with E-state index < -0.39 is 6.10 Å². The average Bonchev–Trinajstić information content (AvgIpc) is 2.59. The van der Waals surface area contributed by atoms with Crippen LogP contribution in [0.1, 0.15) is 12.5 Å². The van der Waals surface area contributed by atoms with Crippen LogP contribution in [0.25, 0.3) is 0 Å². The van der Waals surface area contributed by atoms with Gasteiger partial charge < -0.3 is 20.3 Å². The molecule has 1 aromatic carbocycles. The van der Waals surface area contributed by atoms with E-state index in [9.17, 15) is 14.0 Å². The number of nitrogens with one attached hydrogen (secondary N) is 2. The van der Waals surface area contributed by atoms with E-state index in [1.165, 1.54) is 17.0 Å². The van der Waals surface area contributed by atoms with Crippen LogP contribution in [0, 0.1) is 5.82 Å². The summed E-state index contributed by atoms with van der Waals surface area (Å²) in [5, 5.41) is 5.82. The molecule has 1 unspecified atom stereocenters. The van der Waals surface area contributed by atoms with Gasteiger partial charge >= 0.3 is 0 Å². The van der Waals surface area contributed by atoms with E-state index in [1.807, 2.05) is 6.92 Å². The SMILES string of the molecule is CCN(CC(=O)NCc1ccc(F)cc1)C(=O)C1CNCCO1. The second kappa shape index (κ2) is 8.59. The lowest BCUT2D eigenvalue weighted by molar-refractivity contribution is -0.147. The third-order valence-electron chi connectivity index (χ3n) is 3.63. The average molecular weight is 323 g/mol. The number of rotatable bonds is 6. The molecule has 0 aromatic heterocycles. The van der Waals surface area contributed by atoms with E-state index in [1.54, 1.807) is 12.1 Å². The number of ether oxygens (including phenoxy) is 1. The molecule has 1 aromatic rings. The lowest BCUT2D eigenvalue weighted by atomic mass is 10.2. The Hall–Kier alpha value is -1.99. The van der Waals surface area contributed by atoms with Crippen molar-refractivity contribution >= 4 is 11.8 Å². The molecule has 7 heteroatoms. The first kappa shape index (κ1) is 17.4. The van der Waals surface area contributed by atoms with Crippen LogP contribution in [0.2, 0.25) is 0 Å². The Morgan fingerprint density at radius 2 is 2.13 bits per heavy atom. The molecule has 1 heterocycles. The molecule has 1 fully saturated rings. The fourth-order valence-electron chi connectivity index (χ4n) is 2.31. The van der Waals surface area contributed by atoms with Crippen molar-refractivity contribution in [2.45, 2.75) is 19.6 Å². The standard InChI is InChI=1S/C16H22FN3O3/c1-2-20(16(22)14-10-18-7-8-23-14)11-15(21)19-9-12-3-5-13(17)6-4-12/h3-6,14,18H,2,7-11H2,1H3,(H,19,21). The maximum absolute atomic E-state index is 12.8. The molecule has 23 heavy (non-hydrogen) atoms. The maximum atomic E-state index is 12.8. The van der Waals surface area contributed by atoms with Gasteiger partial charge in [0.15, 0.2) is 0 Å². The summed E-state index contributed by atoms with van der Waals surface area (Å²) in [5.41, 5.74) is 0.800. The first-order chi connectivity index (χ1) is 11.1. The topological polar surface area (TPSA) is 70.7 Å². The monoisotopic (exact) mass is 323 g/mol. The first-order valence-electron chi connectivity index (χ1n) is 7.72. The van der Waals surface area contributed by atoms with Crippen LogP contribution in [0.3, 0.4) is 0 Å².